The Kier molecular flexibility index (Phi) is 6.48. The average molecular weight is 562 g/mol. The van der Waals surface area contributed by atoms with E-state index in [-0.39, 0.29) is 12.1 Å². The summed E-state index contributed by atoms with van der Waals surface area (Å²) in [4.78, 5) is 9.12. The van der Waals surface area contributed by atoms with Crippen LogP contribution in [0, 0.1) is 0 Å². The van der Waals surface area contributed by atoms with Gasteiger partial charge < -0.3 is 24.3 Å². The summed E-state index contributed by atoms with van der Waals surface area (Å²) < 4.78 is 13.0. The molecule has 4 heterocycles. The number of furan rings is 1. The third kappa shape index (κ3) is 4.52. The lowest BCUT2D eigenvalue weighted by molar-refractivity contribution is 0.122. The van der Waals surface area contributed by atoms with Crippen molar-refractivity contribution in [2.45, 2.75) is 12.1 Å². The molecule has 4 aromatic rings. The number of hydrogen-bond donors (Lipinski definition) is 1. The molecule has 8 heteroatoms. The van der Waals surface area contributed by atoms with Crippen molar-refractivity contribution in [3.63, 3.8) is 0 Å². The summed E-state index contributed by atoms with van der Waals surface area (Å²) in [7, 11) is 0. The van der Waals surface area contributed by atoms with E-state index >= 15 is 0 Å². The van der Waals surface area contributed by atoms with Crippen molar-refractivity contribution in [3.05, 3.63) is 101 Å². The lowest BCUT2D eigenvalue weighted by Gasteiger charge is -2.30. The largest absolute Gasteiger partial charge is 0.459 e. The number of benzene rings is 2. The van der Waals surface area contributed by atoms with Crippen LogP contribution in [-0.4, -0.2) is 36.4 Å². The monoisotopic (exact) mass is 560 g/mol. The highest BCUT2D eigenvalue weighted by Crippen LogP contribution is 2.43. The maximum Gasteiger partial charge on any atom is 0.174 e. The van der Waals surface area contributed by atoms with Crippen LogP contribution in [0.15, 0.2) is 93.9 Å². The molecule has 0 amide bonds. The van der Waals surface area contributed by atoms with Gasteiger partial charge in [0.05, 0.1) is 24.9 Å². The van der Waals surface area contributed by atoms with E-state index in [0.717, 1.165) is 59.2 Å². The van der Waals surface area contributed by atoms with Gasteiger partial charge in [-0.2, -0.15) is 0 Å². The quantitative estimate of drug-likeness (QED) is 0.295. The zero-order chi connectivity index (χ0) is 24.5. The van der Waals surface area contributed by atoms with E-state index in [9.17, 15) is 0 Å². The topological polar surface area (TPSA) is 53.8 Å². The molecule has 36 heavy (non-hydrogen) atoms. The van der Waals surface area contributed by atoms with Gasteiger partial charge in [0.25, 0.3) is 0 Å². The van der Waals surface area contributed by atoms with E-state index < -0.39 is 0 Å². The van der Waals surface area contributed by atoms with Crippen molar-refractivity contribution in [2.24, 2.45) is 0 Å². The molecule has 0 saturated carbocycles. The van der Waals surface area contributed by atoms with Crippen LogP contribution < -0.4 is 15.1 Å². The molecule has 0 aliphatic carbocycles. The molecular weight excluding hydrogens is 536 g/mol. The number of halogens is 1. The molecule has 2 fully saturated rings. The predicted molar refractivity (Wildman–Crippen MR) is 149 cm³/mol. The van der Waals surface area contributed by atoms with Gasteiger partial charge in [0.2, 0.25) is 0 Å². The second-order valence-electron chi connectivity index (χ2n) is 8.82. The maximum atomic E-state index is 6.46. The fourth-order valence-electron chi connectivity index (χ4n) is 4.85. The second-order valence-corrected chi connectivity index (χ2v) is 10.1. The number of aromatic nitrogens is 1. The van der Waals surface area contributed by atoms with Crippen LogP contribution in [0.1, 0.15) is 23.5 Å². The highest BCUT2D eigenvalue weighted by molar-refractivity contribution is 9.10. The maximum absolute atomic E-state index is 6.46. The standard InChI is InChI=1S/C28H25BrN4O2S/c29-20-6-4-19(5-7-20)24-12-13-25(35-24)27-26(23-3-1-2-14-30-23)31-28(36)33(27)22-10-8-21(9-11-22)32-15-17-34-18-16-32/h1-14,26-27H,15-18H2,(H,31,36)/t26-,27-/m1/s1. The fraction of sp³-hybridized carbons (Fsp3) is 0.214. The number of anilines is 2. The van der Waals surface area contributed by atoms with E-state index in [4.69, 9.17) is 21.4 Å². The first-order valence-corrected chi connectivity index (χ1v) is 13.2. The van der Waals surface area contributed by atoms with Crippen LogP contribution in [0.25, 0.3) is 11.3 Å². The zero-order valence-corrected chi connectivity index (χ0v) is 21.9. The summed E-state index contributed by atoms with van der Waals surface area (Å²) in [5, 5.41) is 4.15. The molecule has 2 aliphatic rings. The Bertz CT molecular complexity index is 1340. The van der Waals surface area contributed by atoms with Gasteiger partial charge in [-0.05, 0) is 72.9 Å². The zero-order valence-electron chi connectivity index (χ0n) is 19.5. The molecule has 2 aromatic carbocycles. The summed E-state index contributed by atoms with van der Waals surface area (Å²) in [5.74, 6) is 1.64. The lowest BCUT2D eigenvalue weighted by Crippen LogP contribution is -2.36. The SMILES string of the molecule is S=C1N[C@H](c2ccccn2)[C@@H](c2ccc(-c3ccc(Br)cc3)o2)N1c1ccc(N2CCOCC2)cc1. The molecule has 0 unspecified atom stereocenters. The molecule has 6 rings (SSSR count). The van der Waals surface area contributed by atoms with Crippen LogP contribution >= 0.6 is 28.1 Å². The first-order chi connectivity index (χ1) is 17.7. The van der Waals surface area contributed by atoms with Crippen molar-refractivity contribution in [2.75, 3.05) is 36.1 Å². The van der Waals surface area contributed by atoms with Gasteiger partial charge in [-0.25, -0.2) is 0 Å². The number of rotatable bonds is 5. The van der Waals surface area contributed by atoms with E-state index in [0.29, 0.717) is 5.11 Å². The Balaban J connectivity index is 1.37. The molecule has 1 N–H and O–H groups in total. The number of morpholine rings is 1. The van der Waals surface area contributed by atoms with Crippen LogP contribution in [0.5, 0.6) is 0 Å². The van der Waals surface area contributed by atoms with Crippen LogP contribution in [-0.2, 0) is 4.74 Å². The Morgan fingerprint density at radius 1 is 0.889 bits per heavy atom. The number of pyridine rings is 1. The number of hydrogen-bond acceptors (Lipinski definition) is 5. The summed E-state index contributed by atoms with van der Waals surface area (Å²) in [6.07, 6.45) is 1.81. The molecule has 2 aliphatic heterocycles. The van der Waals surface area contributed by atoms with Gasteiger partial charge in [0.15, 0.2) is 5.11 Å². The van der Waals surface area contributed by atoms with Crippen molar-refractivity contribution >= 4 is 44.6 Å². The molecule has 2 aromatic heterocycles. The predicted octanol–water partition coefficient (Wildman–Crippen LogP) is 6.12. The average Bonchev–Trinajstić information content (AvgIpc) is 3.55. The van der Waals surface area contributed by atoms with Crippen LogP contribution in [0.4, 0.5) is 11.4 Å². The van der Waals surface area contributed by atoms with E-state index in [1.807, 2.05) is 60.8 Å². The number of ether oxygens (including phenoxy) is 1. The number of nitrogens with zero attached hydrogens (tertiary/aromatic N) is 3. The summed E-state index contributed by atoms with van der Waals surface area (Å²) >= 11 is 9.37. The van der Waals surface area contributed by atoms with Gasteiger partial charge in [0, 0.05) is 40.7 Å². The van der Waals surface area contributed by atoms with Crippen molar-refractivity contribution in [1.29, 1.82) is 0 Å². The number of nitrogens with one attached hydrogen (secondary N) is 1. The van der Waals surface area contributed by atoms with Crippen molar-refractivity contribution in [3.8, 4) is 11.3 Å². The second kappa shape index (κ2) is 10.0. The smallest absolute Gasteiger partial charge is 0.174 e. The lowest BCUT2D eigenvalue weighted by atomic mass is 10.0. The van der Waals surface area contributed by atoms with Gasteiger partial charge in [0.1, 0.15) is 17.6 Å². The van der Waals surface area contributed by atoms with Gasteiger partial charge in [-0.3, -0.25) is 4.98 Å². The highest BCUT2D eigenvalue weighted by atomic mass is 79.9. The van der Waals surface area contributed by atoms with Crippen LogP contribution in [0.3, 0.4) is 0 Å². The highest BCUT2D eigenvalue weighted by Gasteiger charge is 2.42. The Hall–Kier alpha value is -3.20. The third-order valence-corrected chi connectivity index (χ3v) is 7.49. The van der Waals surface area contributed by atoms with Gasteiger partial charge >= 0.3 is 0 Å². The Morgan fingerprint density at radius 3 is 2.36 bits per heavy atom. The molecule has 0 radical (unpaired) electrons. The van der Waals surface area contributed by atoms with Crippen molar-refractivity contribution in [1.82, 2.24) is 10.3 Å². The minimum atomic E-state index is -0.189. The van der Waals surface area contributed by atoms with Crippen LogP contribution in [0.2, 0.25) is 0 Å². The van der Waals surface area contributed by atoms with Crippen molar-refractivity contribution < 1.29 is 9.15 Å². The minimum Gasteiger partial charge on any atom is -0.459 e. The number of thiocarbonyl (C=S) groups is 1. The molecule has 6 nitrogen and oxygen atoms in total. The molecule has 182 valence electrons. The fourth-order valence-corrected chi connectivity index (χ4v) is 5.46. The first kappa shape index (κ1) is 23.2. The van der Waals surface area contributed by atoms with E-state index in [1.54, 1.807) is 0 Å². The summed E-state index contributed by atoms with van der Waals surface area (Å²) in [6.45, 7) is 3.32. The van der Waals surface area contributed by atoms with Gasteiger partial charge in [-0.1, -0.05) is 34.1 Å². The van der Waals surface area contributed by atoms with Gasteiger partial charge in [-0.15, -0.1) is 0 Å². The molecule has 2 atom stereocenters. The van der Waals surface area contributed by atoms with E-state index in [2.05, 4.69) is 60.3 Å². The molecular formula is C28H25BrN4O2S. The molecule has 0 bridgehead atoms. The summed E-state index contributed by atoms with van der Waals surface area (Å²) in [5.41, 5.74) is 4.13. The summed E-state index contributed by atoms with van der Waals surface area (Å²) in [6, 6.07) is 26.4. The van der Waals surface area contributed by atoms with E-state index in [1.165, 1.54) is 5.69 Å². The Morgan fingerprint density at radius 2 is 1.64 bits per heavy atom. The minimum absolute atomic E-state index is 0.151. The molecule has 2 saturated heterocycles. The first-order valence-electron chi connectivity index (χ1n) is 12.0. The normalized spacial score (nSPS) is 20.0. The Labute approximate surface area is 224 Å². The molecule has 0 spiro atoms. The third-order valence-electron chi connectivity index (χ3n) is 6.65.